The van der Waals surface area contributed by atoms with E-state index in [4.69, 9.17) is 0 Å². The highest BCUT2D eigenvalue weighted by Crippen LogP contribution is 2.26. The minimum absolute atomic E-state index is 0.622. The smallest absolute Gasteiger partial charge is 0.196 e. The van der Waals surface area contributed by atoms with Crippen LogP contribution in [0.4, 0.5) is 5.82 Å². The van der Waals surface area contributed by atoms with Crippen LogP contribution in [-0.2, 0) is 13.1 Å². The van der Waals surface area contributed by atoms with E-state index in [1.807, 2.05) is 28.4 Å². The van der Waals surface area contributed by atoms with E-state index in [9.17, 15) is 4.79 Å². The lowest BCUT2D eigenvalue weighted by atomic mass is 10.3. The number of aromatic nitrogens is 4. The third-order valence-corrected chi connectivity index (χ3v) is 4.19. The molecule has 1 aliphatic rings. The number of hydrogen-bond acceptors (Lipinski definition) is 5. The molecule has 0 saturated carbocycles. The lowest BCUT2D eigenvalue weighted by Crippen LogP contribution is -2.34. The first-order valence-corrected chi connectivity index (χ1v) is 6.90. The molecule has 4 heterocycles. The van der Waals surface area contributed by atoms with Crippen molar-refractivity contribution in [1.82, 2.24) is 18.9 Å². The molecule has 96 valence electrons. The number of fused-ring (bicyclic) bond motifs is 2. The van der Waals surface area contributed by atoms with E-state index in [0.29, 0.717) is 12.2 Å². The van der Waals surface area contributed by atoms with E-state index in [0.717, 1.165) is 36.0 Å². The Kier molecular flexibility index (Phi) is 2.22. The first-order chi connectivity index (χ1) is 9.36. The Morgan fingerprint density at radius 1 is 1.32 bits per heavy atom. The van der Waals surface area contributed by atoms with Crippen molar-refractivity contribution >= 4 is 28.4 Å². The van der Waals surface area contributed by atoms with Crippen LogP contribution in [-0.4, -0.2) is 31.8 Å². The van der Waals surface area contributed by atoms with Crippen molar-refractivity contribution in [3.8, 4) is 0 Å². The molecular weight excluding hydrogens is 262 g/mol. The van der Waals surface area contributed by atoms with Gasteiger partial charge in [0.05, 0.1) is 6.54 Å². The highest BCUT2D eigenvalue weighted by Gasteiger charge is 2.23. The zero-order valence-corrected chi connectivity index (χ0v) is 10.9. The summed E-state index contributed by atoms with van der Waals surface area (Å²) < 4.78 is 3.98. The Hall–Kier alpha value is -2.15. The third-order valence-electron chi connectivity index (χ3n) is 3.44. The fourth-order valence-electron chi connectivity index (χ4n) is 2.49. The molecule has 0 fully saturated rings. The van der Waals surface area contributed by atoms with E-state index in [1.165, 1.54) is 11.3 Å². The lowest BCUT2D eigenvalue weighted by Gasteiger charge is -2.27. The first-order valence-electron chi connectivity index (χ1n) is 6.02. The molecule has 1 aliphatic heterocycles. The minimum Gasteiger partial charge on any atom is -0.345 e. The van der Waals surface area contributed by atoms with Crippen LogP contribution in [0.1, 0.15) is 16.3 Å². The predicted octanol–water partition coefficient (Wildman–Crippen LogP) is 1.42. The Labute approximate surface area is 112 Å². The van der Waals surface area contributed by atoms with E-state index in [1.54, 1.807) is 0 Å². The Morgan fingerprint density at radius 3 is 3.16 bits per heavy atom. The largest absolute Gasteiger partial charge is 0.345 e. The Bertz CT molecular complexity index is 755. The maximum absolute atomic E-state index is 11.3. The number of imidazole rings is 2. The molecule has 0 spiro atoms. The summed E-state index contributed by atoms with van der Waals surface area (Å²) in [5.74, 6) is 1.77. The number of carbonyl (C=O) groups is 1. The molecule has 4 rings (SSSR count). The van der Waals surface area contributed by atoms with Crippen LogP contribution in [0, 0.1) is 0 Å². The monoisotopic (exact) mass is 273 g/mol. The Balaban J connectivity index is 1.79. The van der Waals surface area contributed by atoms with E-state index < -0.39 is 0 Å². The zero-order chi connectivity index (χ0) is 12.8. The van der Waals surface area contributed by atoms with Gasteiger partial charge < -0.3 is 9.47 Å². The summed E-state index contributed by atoms with van der Waals surface area (Å²) >= 11 is 1.53. The summed E-state index contributed by atoms with van der Waals surface area (Å²) in [6, 6.07) is 0. The normalized spacial score (nSPS) is 14.8. The maximum Gasteiger partial charge on any atom is 0.196 e. The minimum atomic E-state index is 0.622. The van der Waals surface area contributed by atoms with Crippen molar-refractivity contribution in [2.45, 2.75) is 13.1 Å². The molecule has 0 radical (unpaired) electrons. The summed E-state index contributed by atoms with van der Waals surface area (Å²) in [6.45, 7) is 2.41. The SMILES string of the molecule is O=Cc1c(N2CCn3ccnc3C2)nc2sccn12. The molecule has 19 heavy (non-hydrogen) atoms. The van der Waals surface area contributed by atoms with Gasteiger partial charge in [-0.2, -0.15) is 0 Å². The van der Waals surface area contributed by atoms with Crippen molar-refractivity contribution in [3.63, 3.8) is 0 Å². The second-order valence-electron chi connectivity index (χ2n) is 4.45. The number of nitrogens with zero attached hydrogens (tertiary/aromatic N) is 5. The second-order valence-corrected chi connectivity index (χ2v) is 5.33. The quantitative estimate of drug-likeness (QED) is 0.663. The van der Waals surface area contributed by atoms with Crippen molar-refractivity contribution in [3.05, 3.63) is 35.5 Å². The van der Waals surface area contributed by atoms with Crippen molar-refractivity contribution in [2.75, 3.05) is 11.4 Å². The Morgan fingerprint density at radius 2 is 2.26 bits per heavy atom. The fraction of sp³-hybridized carbons (Fsp3) is 0.250. The predicted molar refractivity (Wildman–Crippen MR) is 71.7 cm³/mol. The third kappa shape index (κ3) is 1.51. The average Bonchev–Trinajstić information content (AvgIpc) is 3.12. The number of hydrogen-bond donors (Lipinski definition) is 0. The topological polar surface area (TPSA) is 55.4 Å². The molecule has 0 bridgehead atoms. The number of carbonyl (C=O) groups excluding carboxylic acids is 1. The van der Waals surface area contributed by atoms with E-state index in [2.05, 4.69) is 19.4 Å². The van der Waals surface area contributed by atoms with E-state index in [-0.39, 0.29) is 0 Å². The van der Waals surface area contributed by atoms with Crippen LogP contribution in [0.2, 0.25) is 0 Å². The zero-order valence-electron chi connectivity index (χ0n) is 10.1. The molecular formula is C12H11N5OS. The molecule has 3 aromatic rings. The summed E-state index contributed by atoms with van der Waals surface area (Å²) in [7, 11) is 0. The van der Waals surface area contributed by atoms with Gasteiger partial charge in [0, 0.05) is 37.1 Å². The van der Waals surface area contributed by atoms with Gasteiger partial charge in [-0.05, 0) is 0 Å². The molecule has 6 nitrogen and oxygen atoms in total. The molecule has 0 aliphatic carbocycles. The van der Waals surface area contributed by atoms with Crippen molar-refractivity contribution in [1.29, 1.82) is 0 Å². The van der Waals surface area contributed by atoms with E-state index >= 15 is 0 Å². The van der Waals surface area contributed by atoms with Crippen LogP contribution < -0.4 is 4.90 Å². The molecule has 0 unspecified atom stereocenters. The van der Waals surface area contributed by atoms with Crippen molar-refractivity contribution < 1.29 is 4.79 Å². The van der Waals surface area contributed by atoms with Gasteiger partial charge in [-0.15, -0.1) is 11.3 Å². The van der Waals surface area contributed by atoms with Crippen LogP contribution in [0.25, 0.3) is 4.96 Å². The first kappa shape index (κ1) is 10.7. The van der Waals surface area contributed by atoms with Gasteiger partial charge in [0.1, 0.15) is 11.5 Å². The van der Waals surface area contributed by atoms with Gasteiger partial charge in [0.25, 0.3) is 0 Å². The summed E-state index contributed by atoms with van der Waals surface area (Å²) in [4.78, 5) is 23.2. The van der Waals surface area contributed by atoms with Crippen LogP contribution in [0.15, 0.2) is 24.0 Å². The molecule has 0 atom stereocenters. The van der Waals surface area contributed by atoms with Gasteiger partial charge in [-0.3, -0.25) is 9.20 Å². The number of thiazole rings is 1. The summed E-state index contributed by atoms with van der Waals surface area (Å²) in [5.41, 5.74) is 0.622. The molecule has 0 amide bonds. The summed E-state index contributed by atoms with van der Waals surface area (Å²) in [5, 5.41) is 1.93. The van der Waals surface area contributed by atoms with Gasteiger partial charge in [0.15, 0.2) is 17.1 Å². The van der Waals surface area contributed by atoms with Gasteiger partial charge in [0.2, 0.25) is 0 Å². The highest BCUT2D eigenvalue weighted by atomic mass is 32.1. The maximum atomic E-state index is 11.3. The highest BCUT2D eigenvalue weighted by molar-refractivity contribution is 7.15. The number of anilines is 1. The standard InChI is InChI=1S/C12H11N5OS/c18-8-9-11(14-12-17(9)5-6-19-12)16-4-3-15-2-1-13-10(15)7-16/h1-2,5-6,8H,3-4,7H2. The molecule has 3 aromatic heterocycles. The van der Waals surface area contributed by atoms with Gasteiger partial charge in [-0.1, -0.05) is 0 Å². The van der Waals surface area contributed by atoms with Gasteiger partial charge in [-0.25, -0.2) is 9.97 Å². The number of rotatable bonds is 2. The van der Waals surface area contributed by atoms with Crippen LogP contribution in [0.3, 0.4) is 0 Å². The second kappa shape index (κ2) is 3.92. The molecule has 0 saturated heterocycles. The molecule has 0 aromatic carbocycles. The molecule has 0 N–H and O–H groups in total. The number of aldehydes is 1. The summed E-state index contributed by atoms with van der Waals surface area (Å²) in [6.07, 6.45) is 6.55. The molecule has 7 heteroatoms. The van der Waals surface area contributed by atoms with Gasteiger partial charge >= 0.3 is 0 Å². The lowest BCUT2D eigenvalue weighted by molar-refractivity contribution is 0.111. The van der Waals surface area contributed by atoms with Crippen molar-refractivity contribution in [2.24, 2.45) is 0 Å². The average molecular weight is 273 g/mol. The fourth-order valence-corrected chi connectivity index (χ4v) is 3.20. The van der Waals surface area contributed by atoms with Crippen LogP contribution in [0.5, 0.6) is 0 Å². The van der Waals surface area contributed by atoms with Crippen LogP contribution >= 0.6 is 11.3 Å².